The molecule has 162 valence electrons. The average molecular weight is 449 g/mol. The van der Waals surface area contributed by atoms with E-state index in [-0.39, 0.29) is 24.8 Å². The van der Waals surface area contributed by atoms with E-state index < -0.39 is 0 Å². The summed E-state index contributed by atoms with van der Waals surface area (Å²) in [6.45, 7) is 1.62. The Morgan fingerprint density at radius 2 is 2.00 bits per heavy atom. The number of fused-ring (bicyclic) bond motifs is 1. The van der Waals surface area contributed by atoms with Gasteiger partial charge in [0.05, 0.1) is 19.2 Å². The zero-order chi connectivity index (χ0) is 22.7. The molecule has 8 heteroatoms. The van der Waals surface area contributed by atoms with Crippen LogP contribution in [0.2, 0.25) is 5.02 Å². The first-order valence-corrected chi connectivity index (χ1v) is 10.4. The number of rotatable bonds is 5. The highest BCUT2D eigenvalue weighted by atomic mass is 35.5. The van der Waals surface area contributed by atoms with Gasteiger partial charge in [-0.15, -0.1) is 0 Å². The Hall–Kier alpha value is -3.71. The zero-order valence-electron chi connectivity index (χ0n) is 17.6. The first-order chi connectivity index (χ1) is 15.5. The molecule has 0 fully saturated rings. The van der Waals surface area contributed by atoms with Crippen LogP contribution in [-0.4, -0.2) is 36.2 Å². The van der Waals surface area contributed by atoms with Gasteiger partial charge in [-0.2, -0.15) is 0 Å². The molecular weight excluding hydrogens is 428 g/mol. The molecule has 32 heavy (non-hydrogen) atoms. The van der Waals surface area contributed by atoms with E-state index in [4.69, 9.17) is 16.3 Å². The number of carbonyl (C=O) groups is 2. The van der Waals surface area contributed by atoms with Gasteiger partial charge in [0.25, 0.3) is 0 Å². The van der Waals surface area contributed by atoms with E-state index in [9.17, 15) is 9.59 Å². The fraction of sp³-hybridized carbons (Fsp3) is 0.167. The normalized spacial score (nSPS) is 13.2. The first kappa shape index (κ1) is 21.5. The predicted molar refractivity (Wildman–Crippen MR) is 125 cm³/mol. The number of pyridine rings is 1. The Morgan fingerprint density at radius 3 is 2.81 bits per heavy atom. The van der Waals surface area contributed by atoms with E-state index in [1.165, 1.54) is 4.90 Å². The van der Waals surface area contributed by atoms with Crippen molar-refractivity contribution in [3.8, 4) is 5.75 Å². The number of hydrogen-bond donors (Lipinski definition) is 1. The predicted octanol–water partition coefficient (Wildman–Crippen LogP) is 4.55. The largest absolute Gasteiger partial charge is 0.497 e. The van der Waals surface area contributed by atoms with Crippen LogP contribution in [0, 0.1) is 6.92 Å². The Balaban J connectivity index is 1.62. The van der Waals surface area contributed by atoms with Crippen molar-refractivity contribution in [2.45, 2.75) is 13.3 Å². The number of benzene rings is 2. The molecule has 2 amide bonds. The van der Waals surface area contributed by atoms with Gasteiger partial charge in [0, 0.05) is 22.5 Å². The molecule has 4 rings (SSSR count). The molecule has 0 atom stereocenters. The molecule has 7 nitrogen and oxygen atoms in total. The minimum absolute atomic E-state index is 0.0208. The van der Waals surface area contributed by atoms with Crippen molar-refractivity contribution in [2.24, 2.45) is 4.99 Å². The standard InChI is InChI=1S/C24H21ClN4O3/c1-15-18(25)8-4-9-19(15)28-22(30)14-29-23(31)13-21(16-6-3-7-17(12-16)32-2)27-20-10-5-11-26-24(20)29/h3-12H,13-14H2,1-2H3,(H,28,30). The number of nitrogens with zero attached hydrogens (tertiary/aromatic N) is 3. The van der Waals surface area contributed by atoms with Crippen LogP contribution in [0.1, 0.15) is 17.5 Å². The summed E-state index contributed by atoms with van der Waals surface area (Å²) in [6, 6.07) is 16.2. The second-order valence-corrected chi connectivity index (χ2v) is 7.66. The summed E-state index contributed by atoms with van der Waals surface area (Å²) in [5.74, 6) is 0.377. The van der Waals surface area contributed by atoms with Crippen LogP contribution in [-0.2, 0) is 9.59 Å². The number of aromatic nitrogens is 1. The summed E-state index contributed by atoms with van der Waals surface area (Å²) in [5, 5.41) is 3.38. The van der Waals surface area contributed by atoms with Crippen molar-refractivity contribution in [1.82, 2.24) is 4.98 Å². The molecule has 2 heterocycles. The summed E-state index contributed by atoms with van der Waals surface area (Å²) < 4.78 is 5.30. The summed E-state index contributed by atoms with van der Waals surface area (Å²) in [5.41, 5.74) is 3.22. The number of halogens is 1. The minimum atomic E-state index is -0.356. The summed E-state index contributed by atoms with van der Waals surface area (Å²) >= 11 is 6.15. The maximum atomic E-state index is 13.2. The van der Waals surface area contributed by atoms with Crippen molar-refractivity contribution in [3.63, 3.8) is 0 Å². The lowest BCUT2D eigenvalue weighted by Gasteiger charge is -2.21. The molecular formula is C24H21ClN4O3. The van der Waals surface area contributed by atoms with E-state index in [0.29, 0.717) is 33.7 Å². The Kier molecular flexibility index (Phi) is 6.18. The van der Waals surface area contributed by atoms with Crippen LogP contribution in [0.4, 0.5) is 17.2 Å². The van der Waals surface area contributed by atoms with Gasteiger partial charge in [-0.25, -0.2) is 9.98 Å². The molecule has 1 aromatic heterocycles. The number of ether oxygens (including phenoxy) is 1. The van der Waals surface area contributed by atoms with Gasteiger partial charge in [0.1, 0.15) is 18.0 Å². The highest BCUT2D eigenvalue weighted by molar-refractivity contribution is 6.31. The Labute approximate surface area is 190 Å². The molecule has 3 aromatic rings. The van der Waals surface area contributed by atoms with E-state index in [2.05, 4.69) is 15.3 Å². The maximum Gasteiger partial charge on any atom is 0.244 e. The molecule has 0 saturated heterocycles. The smallest absolute Gasteiger partial charge is 0.244 e. The fourth-order valence-corrected chi connectivity index (χ4v) is 3.61. The topological polar surface area (TPSA) is 83.9 Å². The van der Waals surface area contributed by atoms with Gasteiger partial charge in [-0.05, 0) is 48.9 Å². The highest BCUT2D eigenvalue weighted by Gasteiger charge is 2.28. The summed E-state index contributed by atoms with van der Waals surface area (Å²) in [6.07, 6.45) is 1.59. The van der Waals surface area contributed by atoms with Crippen LogP contribution in [0.5, 0.6) is 5.75 Å². The van der Waals surface area contributed by atoms with Crippen molar-refractivity contribution < 1.29 is 14.3 Å². The molecule has 0 unspecified atom stereocenters. The zero-order valence-corrected chi connectivity index (χ0v) is 18.4. The third kappa shape index (κ3) is 4.48. The van der Waals surface area contributed by atoms with Gasteiger partial charge in [-0.3, -0.25) is 14.5 Å². The SMILES string of the molecule is COc1cccc(C2=Nc3cccnc3N(CC(=O)Nc3cccc(Cl)c3C)C(=O)C2)c1. The number of aliphatic imine (C=N–C) groups is 1. The highest BCUT2D eigenvalue weighted by Crippen LogP contribution is 2.31. The lowest BCUT2D eigenvalue weighted by Crippen LogP contribution is -2.39. The number of carbonyl (C=O) groups excluding carboxylic acids is 2. The van der Waals surface area contributed by atoms with Crippen LogP contribution in [0.25, 0.3) is 0 Å². The second kappa shape index (κ2) is 9.20. The third-order valence-electron chi connectivity index (χ3n) is 5.14. The van der Waals surface area contributed by atoms with E-state index >= 15 is 0 Å². The molecule has 0 radical (unpaired) electrons. The molecule has 1 aliphatic heterocycles. The van der Waals surface area contributed by atoms with Crippen LogP contribution in [0.15, 0.2) is 65.8 Å². The number of nitrogens with one attached hydrogen (secondary N) is 1. The lowest BCUT2D eigenvalue weighted by atomic mass is 10.1. The average Bonchev–Trinajstić information content (AvgIpc) is 2.93. The number of hydrogen-bond acceptors (Lipinski definition) is 5. The molecule has 0 saturated carbocycles. The third-order valence-corrected chi connectivity index (χ3v) is 5.55. The lowest BCUT2D eigenvalue weighted by molar-refractivity contribution is -0.120. The van der Waals surface area contributed by atoms with Crippen LogP contribution in [0.3, 0.4) is 0 Å². The minimum Gasteiger partial charge on any atom is -0.497 e. The van der Waals surface area contributed by atoms with E-state index in [0.717, 1.165) is 11.1 Å². The van der Waals surface area contributed by atoms with Gasteiger partial charge < -0.3 is 10.1 Å². The Morgan fingerprint density at radius 1 is 1.19 bits per heavy atom. The van der Waals surface area contributed by atoms with Crippen LogP contribution >= 0.6 is 11.6 Å². The van der Waals surface area contributed by atoms with Crippen molar-refractivity contribution in [2.75, 3.05) is 23.9 Å². The molecule has 1 N–H and O–H groups in total. The molecule has 0 spiro atoms. The van der Waals surface area contributed by atoms with Crippen molar-refractivity contribution >= 4 is 46.3 Å². The second-order valence-electron chi connectivity index (χ2n) is 7.25. The van der Waals surface area contributed by atoms with E-state index in [1.54, 1.807) is 43.6 Å². The molecule has 1 aliphatic rings. The first-order valence-electron chi connectivity index (χ1n) is 9.98. The summed E-state index contributed by atoms with van der Waals surface area (Å²) in [7, 11) is 1.58. The van der Waals surface area contributed by atoms with Crippen molar-refractivity contribution in [1.29, 1.82) is 0 Å². The van der Waals surface area contributed by atoms with Gasteiger partial charge in [0.15, 0.2) is 5.82 Å². The van der Waals surface area contributed by atoms with Gasteiger partial charge in [0.2, 0.25) is 11.8 Å². The van der Waals surface area contributed by atoms with Gasteiger partial charge >= 0.3 is 0 Å². The summed E-state index contributed by atoms with van der Waals surface area (Å²) in [4.78, 5) is 36.4. The fourth-order valence-electron chi connectivity index (χ4n) is 3.43. The monoisotopic (exact) mass is 448 g/mol. The maximum absolute atomic E-state index is 13.2. The molecule has 2 aromatic carbocycles. The van der Waals surface area contributed by atoms with Crippen LogP contribution < -0.4 is 15.0 Å². The number of anilines is 2. The Bertz CT molecular complexity index is 1230. The molecule has 0 bridgehead atoms. The van der Waals surface area contributed by atoms with E-state index in [1.807, 2.05) is 31.2 Å². The van der Waals surface area contributed by atoms with Crippen molar-refractivity contribution in [3.05, 3.63) is 76.9 Å². The van der Waals surface area contributed by atoms with Gasteiger partial charge in [-0.1, -0.05) is 29.8 Å². The number of amides is 2. The quantitative estimate of drug-likeness (QED) is 0.620. The molecule has 0 aliphatic carbocycles. The number of methoxy groups -OCH3 is 1.